The van der Waals surface area contributed by atoms with Crippen molar-refractivity contribution in [3.05, 3.63) is 97.6 Å². The Kier molecular flexibility index (Phi) is 16.2. The van der Waals surface area contributed by atoms with Crippen LogP contribution in [-0.2, 0) is 69.9 Å². The summed E-state index contributed by atoms with van der Waals surface area (Å²) in [5.41, 5.74) is 2.18. The fourth-order valence-electron chi connectivity index (χ4n) is 8.63. The van der Waals surface area contributed by atoms with Gasteiger partial charge in [0.15, 0.2) is 5.60 Å². The molecule has 3 atom stereocenters. The van der Waals surface area contributed by atoms with Crippen LogP contribution in [0, 0.1) is 23.6 Å². The first-order valence-corrected chi connectivity index (χ1v) is 23.5. The fraction of sp³-hybridized carbons (Fsp3) is 0.471. The van der Waals surface area contributed by atoms with Gasteiger partial charge in [0.05, 0.1) is 54.7 Å². The number of carbonyl (C=O) groups is 7. The van der Waals surface area contributed by atoms with E-state index in [4.69, 9.17) is 9.72 Å². The van der Waals surface area contributed by atoms with E-state index in [-0.39, 0.29) is 74.0 Å². The molecule has 0 spiro atoms. The van der Waals surface area contributed by atoms with E-state index in [0.717, 1.165) is 22.1 Å². The zero-order valence-electron chi connectivity index (χ0n) is 41.3. The van der Waals surface area contributed by atoms with Gasteiger partial charge >= 0.3 is 5.97 Å². The summed E-state index contributed by atoms with van der Waals surface area (Å²) in [6, 6.07) is 10.7. The minimum absolute atomic E-state index is 0.0219. The Hall–Kier alpha value is -7.06. The molecule has 8 N–H and O–H groups in total. The molecule has 7 rings (SSSR count). The Morgan fingerprint density at radius 3 is 2.20 bits per heavy atom. The fourth-order valence-corrected chi connectivity index (χ4v) is 8.63. The van der Waals surface area contributed by atoms with Gasteiger partial charge < -0.3 is 51.4 Å². The number of cyclic esters (lactones) is 1. The van der Waals surface area contributed by atoms with Crippen LogP contribution in [0.2, 0.25) is 0 Å². The van der Waals surface area contributed by atoms with Crippen LogP contribution in [0.3, 0.4) is 0 Å². The first-order chi connectivity index (χ1) is 33.4. The SMILES string of the molecule is CC(C)(C)CNC(=O)CNC(=O)[C@H](Cc1ccccc1)NC(=O)CNC(=O)CNC(=O)C(C)(C)C.CC[C@@]1(O)C(=O)OCc2c1cc1n(c2=O)Cc2c-1nc1cc(F)c(C)c3c1c2[C@@H](NC(=O)CO)CC3. The summed E-state index contributed by atoms with van der Waals surface area (Å²) in [5.74, 6) is -3.98. The molecule has 0 fully saturated rings. The van der Waals surface area contributed by atoms with Crippen LogP contribution >= 0.6 is 0 Å². The van der Waals surface area contributed by atoms with Gasteiger partial charge in [-0.15, -0.1) is 0 Å². The number of amides is 6. The van der Waals surface area contributed by atoms with Crippen LogP contribution in [0.1, 0.15) is 106 Å². The number of fused-ring (bicyclic) bond motifs is 5. The van der Waals surface area contributed by atoms with Crippen molar-refractivity contribution >= 4 is 52.3 Å². The predicted molar refractivity (Wildman–Crippen MR) is 259 cm³/mol. The van der Waals surface area contributed by atoms with Crippen LogP contribution < -0.4 is 37.5 Å². The number of hydrogen-bond donors (Lipinski definition) is 8. The highest BCUT2D eigenvalue weighted by molar-refractivity contribution is 5.95. The highest BCUT2D eigenvalue weighted by Gasteiger charge is 2.46. The van der Waals surface area contributed by atoms with Crippen molar-refractivity contribution in [2.45, 2.75) is 112 Å². The van der Waals surface area contributed by atoms with Crippen molar-refractivity contribution < 1.29 is 52.9 Å². The van der Waals surface area contributed by atoms with Crippen LogP contribution in [0.4, 0.5) is 4.39 Å². The number of aliphatic hydroxyl groups is 2. The molecule has 380 valence electrons. The second kappa shape index (κ2) is 21.5. The lowest BCUT2D eigenvalue weighted by Crippen LogP contribution is -2.52. The number of benzene rings is 2. The topological polar surface area (TPSA) is 276 Å². The lowest BCUT2D eigenvalue weighted by Gasteiger charge is -2.31. The third-order valence-corrected chi connectivity index (χ3v) is 12.6. The second-order valence-corrected chi connectivity index (χ2v) is 20.2. The molecule has 71 heavy (non-hydrogen) atoms. The number of carbonyl (C=O) groups excluding carboxylic acids is 7. The largest absolute Gasteiger partial charge is 0.458 e. The molecule has 0 radical (unpaired) electrons. The first-order valence-electron chi connectivity index (χ1n) is 23.5. The number of halogens is 1. The quantitative estimate of drug-likeness (QED) is 0.0742. The molecule has 0 saturated heterocycles. The lowest BCUT2D eigenvalue weighted by atomic mass is 9.81. The number of ether oxygens (including phenoxy) is 1. The van der Waals surface area contributed by atoms with Gasteiger partial charge in [-0.2, -0.15) is 0 Å². The Bertz CT molecular complexity index is 2840. The van der Waals surface area contributed by atoms with E-state index in [9.17, 15) is 53.0 Å². The number of pyridine rings is 2. The summed E-state index contributed by atoms with van der Waals surface area (Å²) in [6.45, 7) is 13.3. The molecule has 1 aliphatic carbocycles. The molecule has 2 aliphatic heterocycles. The Morgan fingerprint density at radius 1 is 0.887 bits per heavy atom. The molecule has 0 bridgehead atoms. The Balaban J connectivity index is 0.000000233. The maximum atomic E-state index is 14.9. The van der Waals surface area contributed by atoms with E-state index in [0.29, 0.717) is 47.4 Å². The van der Waals surface area contributed by atoms with Crippen LogP contribution in [0.15, 0.2) is 47.3 Å². The number of rotatable bonds is 14. The lowest BCUT2D eigenvalue weighted by molar-refractivity contribution is -0.172. The van der Waals surface area contributed by atoms with Gasteiger partial charge in [0.1, 0.15) is 25.1 Å². The third kappa shape index (κ3) is 12.1. The average Bonchev–Trinajstić information content (AvgIpc) is 3.70. The summed E-state index contributed by atoms with van der Waals surface area (Å²) in [4.78, 5) is 104. The van der Waals surface area contributed by atoms with E-state index in [1.807, 2.05) is 51.1 Å². The van der Waals surface area contributed by atoms with Gasteiger partial charge in [-0.05, 0) is 59.9 Å². The first kappa shape index (κ1) is 53.3. The maximum Gasteiger partial charge on any atom is 0.343 e. The van der Waals surface area contributed by atoms with Crippen molar-refractivity contribution in [1.29, 1.82) is 0 Å². The van der Waals surface area contributed by atoms with Gasteiger partial charge in [0, 0.05) is 41.0 Å². The van der Waals surface area contributed by atoms with Crippen LogP contribution in [0.5, 0.6) is 0 Å². The molecule has 19 nitrogen and oxygen atoms in total. The average molecular weight is 983 g/mol. The summed E-state index contributed by atoms with van der Waals surface area (Å²) in [7, 11) is 0. The number of nitrogens with one attached hydrogen (secondary N) is 6. The maximum absolute atomic E-state index is 14.9. The van der Waals surface area contributed by atoms with E-state index in [1.165, 1.54) is 10.6 Å². The minimum atomic E-state index is -1.95. The molecule has 0 saturated carbocycles. The molecule has 0 unspecified atom stereocenters. The number of nitrogens with zero attached hydrogens (tertiary/aromatic N) is 2. The van der Waals surface area contributed by atoms with E-state index in [2.05, 4.69) is 31.9 Å². The molecule has 4 heterocycles. The monoisotopic (exact) mass is 982 g/mol. The summed E-state index contributed by atoms with van der Waals surface area (Å²) < 4.78 is 21.5. The predicted octanol–water partition coefficient (Wildman–Crippen LogP) is 1.89. The van der Waals surface area contributed by atoms with Gasteiger partial charge in [-0.25, -0.2) is 14.2 Å². The molecule has 20 heteroatoms. The van der Waals surface area contributed by atoms with E-state index >= 15 is 0 Å². The minimum Gasteiger partial charge on any atom is -0.458 e. The zero-order valence-corrected chi connectivity index (χ0v) is 41.3. The second-order valence-electron chi connectivity index (χ2n) is 20.2. The molecule has 4 aromatic rings. The summed E-state index contributed by atoms with van der Waals surface area (Å²) >= 11 is 0. The molecule has 2 aromatic carbocycles. The van der Waals surface area contributed by atoms with Crippen LogP contribution in [0.25, 0.3) is 22.3 Å². The standard InChI is InChI=1S/C26H24FN3O6.C25H39N5O5/c1-3-26(35)15-6-19-23-13(8-30(19)24(33)14(15)10-36-25(26)34)22-17(28-20(32)9-31)5-4-12-11(2)16(27)7-18(29-23)21(12)22;1-24(2,3)16-29-20(32)13-27-22(34)18(12-17-10-8-7-9-11-17)30-21(33)15-26-19(31)14-28-23(35)25(4,5)6/h6-7,17,31,35H,3-5,8-10H2,1-2H3,(H,28,32);7-11,18H,12-16H2,1-6H3,(H,26,31)(H,27,34)(H,28,35)(H,29,32)(H,30,33)/t17-,26-;18-/m00/s1. The highest BCUT2D eigenvalue weighted by Crippen LogP contribution is 2.46. The van der Waals surface area contributed by atoms with Gasteiger partial charge in [0.25, 0.3) is 5.56 Å². The third-order valence-electron chi connectivity index (χ3n) is 12.6. The van der Waals surface area contributed by atoms with Crippen molar-refractivity contribution in [1.82, 2.24) is 41.5 Å². The van der Waals surface area contributed by atoms with Crippen molar-refractivity contribution in [2.75, 3.05) is 32.8 Å². The van der Waals surface area contributed by atoms with Gasteiger partial charge in [0.2, 0.25) is 35.4 Å². The number of hydrogen-bond acceptors (Lipinski definition) is 12. The van der Waals surface area contributed by atoms with Crippen LogP contribution in [-0.4, -0.2) is 100 Å². The highest BCUT2D eigenvalue weighted by atomic mass is 19.1. The molecule has 2 aromatic heterocycles. The number of aryl methyl sites for hydroxylation is 1. The smallest absolute Gasteiger partial charge is 0.343 e. The normalized spacial score (nSPS) is 16.9. The van der Waals surface area contributed by atoms with E-state index in [1.54, 1.807) is 40.7 Å². The Morgan fingerprint density at radius 2 is 1.55 bits per heavy atom. The number of aromatic nitrogens is 2. The van der Waals surface area contributed by atoms with E-state index < -0.39 is 70.7 Å². The summed E-state index contributed by atoms with van der Waals surface area (Å²) in [5, 5.41) is 36.9. The van der Waals surface area contributed by atoms with Gasteiger partial charge in [-0.1, -0.05) is 78.8 Å². The summed E-state index contributed by atoms with van der Waals surface area (Å²) in [6.07, 6.45) is 1.24. The van der Waals surface area contributed by atoms with Crippen molar-refractivity contribution in [3.63, 3.8) is 0 Å². The molecule has 3 aliphatic rings. The number of aliphatic hydroxyl groups excluding tert-OH is 1. The van der Waals surface area contributed by atoms with Crippen molar-refractivity contribution in [2.24, 2.45) is 10.8 Å². The Labute approximate surface area is 410 Å². The molecule has 6 amide bonds. The molecular formula is C51H63FN8O11. The van der Waals surface area contributed by atoms with Gasteiger partial charge in [-0.3, -0.25) is 33.6 Å². The zero-order chi connectivity index (χ0) is 52.2. The van der Waals surface area contributed by atoms with Crippen molar-refractivity contribution in [3.8, 4) is 11.4 Å². The molecular weight excluding hydrogens is 920 g/mol. The number of esters is 1.